The number of amides is 1. The van der Waals surface area contributed by atoms with Gasteiger partial charge in [-0.1, -0.05) is 6.07 Å². The van der Waals surface area contributed by atoms with Gasteiger partial charge in [0, 0.05) is 18.3 Å². The van der Waals surface area contributed by atoms with E-state index in [2.05, 4.69) is 10.3 Å². The summed E-state index contributed by atoms with van der Waals surface area (Å²) >= 11 is 0. The highest BCUT2D eigenvalue weighted by atomic mass is 19.2. The summed E-state index contributed by atoms with van der Waals surface area (Å²) in [7, 11) is 0. The van der Waals surface area contributed by atoms with Crippen molar-refractivity contribution in [3.63, 3.8) is 0 Å². The lowest BCUT2D eigenvalue weighted by molar-refractivity contribution is -0.157. The monoisotopic (exact) mass is 413 g/mol. The first-order valence-electron chi connectivity index (χ1n) is 10.5. The minimum absolute atomic E-state index is 0.00871. The number of benzene rings is 1. The Morgan fingerprint density at radius 2 is 2.10 bits per heavy atom. The second kappa shape index (κ2) is 7.39. The van der Waals surface area contributed by atoms with Crippen LogP contribution >= 0.6 is 0 Å². The van der Waals surface area contributed by atoms with E-state index in [1.807, 2.05) is 30.0 Å². The van der Waals surface area contributed by atoms with Crippen molar-refractivity contribution in [2.45, 2.75) is 51.0 Å². The summed E-state index contributed by atoms with van der Waals surface area (Å²) in [4.78, 5) is 20.3. The van der Waals surface area contributed by atoms with Gasteiger partial charge in [-0.25, -0.2) is 8.78 Å². The molecule has 7 heteroatoms. The largest absolute Gasteiger partial charge is 0.365 e. The van der Waals surface area contributed by atoms with Gasteiger partial charge in [0.1, 0.15) is 5.60 Å². The van der Waals surface area contributed by atoms with Crippen molar-refractivity contribution >= 4 is 5.91 Å². The molecule has 3 aliphatic rings. The van der Waals surface area contributed by atoms with Crippen molar-refractivity contribution in [2.75, 3.05) is 13.1 Å². The van der Waals surface area contributed by atoms with Crippen LogP contribution in [0.4, 0.5) is 8.78 Å². The maximum absolute atomic E-state index is 14.1. The van der Waals surface area contributed by atoms with Gasteiger partial charge in [-0.15, -0.1) is 0 Å². The van der Waals surface area contributed by atoms with Crippen LogP contribution in [-0.2, 0) is 28.3 Å². The fourth-order valence-corrected chi connectivity index (χ4v) is 4.86. The molecular formula is C23H25F2N3O2. The van der Waals surface area contributed by atoms with Gasteiger partial charge in [-0.3, -0.25) is 9.78 Å². The zero-order valence-electron chi connectivity index (χ0n) is 17.0. The minimum atomic E-state index is -0.917. The molecule has 2 aliphatic heterocycles. The van der Waals surface area contributed by atoms with Crippen molar-refractivity contribution in [1.82, 2.24) is 15.2 Å². The lowest BCUT2D eigenvalue weighted by Gasteiger charge is -2.42. The van der Waals surface area contributed by atoms with Crippen LogP contribution in [0, 0.1) is 24.5 Å². The van der Waals surface area contributed by atoms with Crippen molar-refractivity contribution in [1.29, 1.82) is 0 Å². The van der Waals surface area contributed by atoms with E-state index in [9.17, 15) is 13.6 Å². The topological polar surface area (TPSA) is 54.5 Å². The molecule has 1 aliphatic carbocycles. The van der Waals surface area contributed by atoms with E-state index in [-0.39, 0.29) is 18.6 Å². The molecule has 2 fully saturated rings. The summed E-state index contributed by atoms with van der Waals surface area (Å²) in [5.74, 6) is -2.28. The van der Waals surface area contributed by atoms with E-state index in [1.165, 1.54) is 12.1 Å². The Hall–Kier alpha value is -2.38. The molecule has 1 aromatic carbocycles. The van der Waals surface area contributed by atoms with Crippen LogP contribution in [0.3, 0.4) is 0 Å². The molecule has 0 bridgehead atoms. The van der Waals surface area contributed by atoms with E-state index in [4.69, 9.17) is 4.74 Å². The molecule has 3 heterocycles. The molecule has 2 atom stereocenters. The summed E-state index contributed by atoms with van der Waals surface area (Å²) in [5.41, 5.74) is 2.10. The molecule has 158 valence electrons. The zero-order valence-corrected chi connectivity index (χ0v) is 17.0. The molecule has 1 saturated carbocycles. The van der Waals surface area contributed by atoms with Crippen LogP contribution < -0.4 is 5.32 Å². The van der Waals surface area contributed by atoms with Crippen LogP contribution in [0.5, 0.6) is 0 Å². The Morgan fingerprint density at radius 1 is 1.30 bits per heavy atom. The molecule has 1 amide bonds. The first kappa shape index (κ1) is 19.6. The maximum atomic E-state index is 14.1. The Bertz CT molecular complexity index is 994. The SMILES string of the molecule is Cc1cccc(CN(C(=O)[C@H]2CNCCC23OCc2cc(F)c(F)cc23)C2CC2)n1. The first-order valence-corrected chi connectivity index (χ1v) is 10.5. The average Bonchev–Trinajstić information content (AvgIpc) is 3.52. The average molecular weight is 413 g/mol. The van der Waals surface area contributed by atoms with Gasteiger partial charge < -0.3 is 15.0 Å². The Balaban J connectivity index is 1.49. The highest BCUT2D eigenvalue weighted by molar-refractivity contribution is 5.82. The fourth-order valence-electron chi connectivity index (χ4n) is 4.86. The predicted molar refractivity (Wildman–Crippen MR) is 106 cm³/mol. The van der Waals surface area contributed by atoms with Gasteiger partial charge in [0.15, 0.2) is 11.6 Å². The van der Waals surface area contributed by atoms with Crippen molar-refractivity contribution in [3.05, 3.63) is 64.5 Å². The summed E-state index contributed by atoms with van der Waals surface area (Å²) in [6.07, 6.45) is 2.49. The predicted octanol–water partition coefficient (Wildman–Crippen LogP) is 3.19. The molecular weight excluding hydrogens is 388 g/mol. The number of nitrogens with zero attached hydrogens (tertiary/aromatic N) is 2. The molecule has 0 radical (unpaired) electrons. The third-order valence-electron chi connectivity index (χ3n) is 6.52. The number of rotatable bonds is 4. The van der Waals surface area contributed by atoms with Crippen LogP contribution in [0.2, 0.25) is 0 Å². The molecule has 2 aromatic rings. The number of carbonyl (C=O) groups is 1. The number of fused-ring (bicyclic) bond motifs is 2. The smallest absolute Gasteiger partial charge is 0.230 e. The lowest BCUT2D eigenvalue weighted by atomic mass is 9.75. The zero-order chi connectivity index (χ0) is 20.9. The van der Waals surface area contributed by atoms with E-state index >= 15 is 0 Å². The molecule has 5 nitrogen and oxygen atoms in total. The Kier molecular flexibility index (Phi) is 4.82. The molecule has 1 spiro atoms. The number of carbonyl (C=O) groups excluding carboxylic acids is 1. The Morgan fingerprint density at radius 3 is 2.87 bits per heavy atom. The van der Waals surface area contributed by atoms with Crippen LogP contribution in [-0.4, -0.2) is 34.9 Å². The second-order valence-electron chi connectivity index (χ2n) is 8.58. The summed E-state index contributed by atoms with van der Waals surface area (Å²) in [6.45, 7) is 3.68. The summed E-state index contributed by atoms with van der Waals surface area (Å²) in [5, 5.41) is 3.30. The lowest BCUT2D eigenvalue weighted by Crippen LogP contribution is -2.55. The number of aryl methyl sites for hydroxylation is 1. The highest BCUT2D eigenvalue weighted by Gasteiger charge is 2.53. The van der Waals surface area contributed by atoms with Gasteiger partial charge >= 0.3 is 0 Å². The number of hydrogen-bond acceptors (Lipinski definition) is 4. The van der Waals surface area contributed by atoms with E-state index in [1.54, 1.807) is 0 Å². The molecule has 30 heavy (non-hydrogen) atoms. The molecule has 1 aromatic heterocycles. The number of ether oxygens (including phenoxy) is 1. The fraction of sp³-hybridized carbons (Fsp3) is 0.478. The van der Waals surface area contributed by atoms with Gasteiger partial charge in [-0.2, -0.15) is 0 Å². The van der Waals surface area contributed by atoms with Crippen LogP contribution in [0.25, 0.3) is 0 Å². The normalized spacial score (nSPS) is 25.4. The number of aromatic nitrogens is 1. The number of hydrogen-bond donors (Lipinski definition) is 1. The van der Waals surface area contributed by atoms with Gasteiger partial charge in [0.2, 0.25) is 5.91 Å². The van der Waals surface area contributed by atoms with E-state index < -0.39 is 23.2 Å². The quantitative estimate of drug-likeness (QED) is 0.837. The number of halogens is 2. The van der Waals surface area contributed by atoms with Crippen molar-refractivity contribution < 1.29 is 18.3 Å². The number of piperidine rings is 1. The molecule has 1 saturated heterocycles. The highest BCUT2D eigenvalue weighted by Crippen LogP contribution is 2.48. The number of pyridine rings is 1. The van der Waals surface area contributed by atoms with E-state index in [0.29, 0.717) is 37.2 Å². The minimum Gasteiger partial charge on any atom is -0.365 e. The Labute approximate surface area is 174 Å². The van der Waals surface area contributed by atoms with Gasteiger partial charge in [0.05, 0.1) is 24.8 Å². The van der Waals surface area contributed by atoms with Crippen LogP contribution in [0.1, 0.15) is 41.8 Å². The first-order chi connectivity index (χ1) is 14.5. The van der Waals surface area contributed by atoms with Crippen LogP contribution in [0.15, 0.2) is 30.3 Å². The standard InChI is InChI=1S/C23H25F2N3O2/c1-14-3-2-4-16(27-14)12-28(17-5-6-17)22(29)19-11-26-8-7-23(19)18-10-21(25)20(24)9-15(18)13-30-23/h2-4,9-10,17,19,26H,5-8,11-13H2,1H3/t19-,23?/m1/s1. The van der Waals surface area contributed by atoms with Crippen molar-refractivity contribution in [3.8, 4) is 0 Å². The molecule has 1 N–H and O–H groups in total. The third kappa shape index (κ3) is 3.30. The summed E-state index contributed by atoms with van der Waals surface area (Å²) in [6, 6.07) is 8.45. The maximum Gasteiger partial charge on any atom is 0.230 e. The van der Waals surface area contributed by atoms with E-state index in [0.717, 1.165) is 24.2 Å². The third-order valence-corrected chi connectivity index (χ3v) is 6.52. The van der Waals surface area contributed by atoms with Gasteiger partial charge in [-0.05, 0) is 68.1 Å². The molecule has 1 unspecified atom stereocenters. The number of nitrogens with one attached hydrogen (secondary N) is 1. The van der Waals surface area contributed by atoms with Gasteiger partial charge in [0.25, 0.3) is 0 Å². The summed E-state index contributed by atoms with van der Waals surface area (Å²) < 4.78 is 34.1. The second-order valence-corrected chi connectivity index (χ2v) is 8.58. The molecule has 5 rings (SSSR count). The van der Waals surface area contributed by atoms with Crippen molar-refractivity contribution in [2.24, 2.45) is 5.92 Å².